The van der Waals surface area contributed by atoms with Crippen molar-refractivity contribution in [1.29, 1.82) is 0 Å². The lowest BCUT2D eigenvalue weighted by Crippen LogP contribution is -2.37. The molecule has 2 aromatic heterocycles. The number of carbonyl (C=O) groups excluding carboxylic acids is 1. The molecule has 4 rings (SSSR count). The molecule has 3 heterocycles. The Kier molecular flexibility index (Phi) is 4.43. The van der Waals surface area contributed by atoms with E-state index in [4.69, 9.17) is 4.74 Å². The molecular formula is C18H16F3N3O2S. The number of thiazole rings is 1. The lowest BCUT2D eigenvalue weighted by Gasteiger charge is -2.22. The maximum absolute atomic E-state index is 13.0. The molecule has 0 spiro atoms. The van der Waals surface area contributed by atoms with Crippen LogP contribution in [0.3, 0.4) is 0 Å². The lowest BCUT2D eigenvalue weighted by atomic mass is 10.1. The Labute approximate surface area is 157 Å². The summed E-state index contributed by atoms with van der Waals surface area (Å²) in [5, 5.41) is 1.72. The second kappa shape index (κ2) is 6.65. The van der Waals surface area contributed by atoms with Crippen LogP contribution in [0.5, 0.6) is 0 Å². The van der Waals surface area contributed by atoms with E-state index in [-0.39, 0.29) is 11.9 Å². The Morgan fingerprint density at radius 3 is 2.93 bits per heavy atom. The maximum Gasteiger partial charge on any atom is 0.416 e. The highest BCUT2D eigenvalue weighted by atomic mass is 32.1. The highest BCUT2D eigenvalue weighted by Gasteiger charge is 2.31. The van der Waals surface area contributed by atoms with Gasteiger partial charge in [0.05, 0.1) is 23.9 Å². The highest BCUT2D eigenvalue weighted by Crippen LogP contribution is 2.32. The van der Waals surface area contributed by atoms with Crippen molar-refractivity contribution in [3.63, 3.8) is 0 Å². The Morgan fingerprint density at radius 1 is 1.41 bits per heavy atom. The minimum atomic E-state index is -4.42. The van der Waals surface area contributed by atoms with E-state index in [9.17, 15) is 18.0 Å². The number of aromatic nitrogens is 2. The Bertz CT molecular complexity index is 989. The molecule has 1 aromatic carbocycles. The van der Waals surface area contributed by atoms with Crippen molar-refractivity contribution in [3.05, 3.63) is 47.1 Å². The summed E-state index contributed by atoms with van der Waals surface area (Å²) in [6.07, 6.45) is -2.03. The van der Waals surface area contributed by atoms with Crippen LogP contribution in [0.1, 0.15) is 22.5 Å². The number of benzene rings is 1. The van der Waals surface area contributed by atoms with Gasteiger partial charge in [-0.25, -0.2) is 4.98 Å². The van der Waals surface area contributed by atoms with Gasteiger partial charge < -0.3 is 9.64 Å². The third-order valence-corrected chi connectivity index (χ3v) is 5.53. The molecule has 27 heavy (non-hydrogen) atoms. The fourth-order valence-electron chi connectivity index (χ4n) is 3.11. The summed E-state index contributed by atoms with van der Waals surface area (Å²) >= 11 is 1.28. The fraction of sp³-hybridized carbons (Fsp3) is 0.333. The number of likely N-dealkylation sites (N-methyl/N-ethyl adjacent to an activating group) is 1. The van der Waals surface area contributed by atoms with E-state index in [1.165, 1.54) is 17.4 Å². The number of rotatable bonds is 3. The van der Waals surface area contributed by atoms with Gasteiger partial charge in [-0.15, -0.1) is 11.3 Å². The van der Waals surface area contributed by atoms with E-state index in [0.29, 0.717) is 35.1 Å². The third kappa shape index (κ3) is 3.32. The van der Waals surface area contributed by atoms with Gasteiger partial charge in [-0.05, 0) is 18.6 Å². The van der Waals surface area contributed by atoms with Crippen molar-refractivity contribution in [3.8, 4) is 11.3 Å². The Morgan fingerprint density at radius 2 is 2.22 bits per heavy atom. The molecule has 0 radical (unpaired) electrons. The summed E-state index contributed by atoms with van der Waals surface area (Å²) in [4.78, 5) is 19.4. The summed E-state index contributed by atoms with van der Waals surface area (Å²) in [7, 11) is 1.73. The average molecular weight is 395 g/mol. The van der Waals surface area contributed by atoms with E-state index in [1.54, 1.807) is 34.0 Å². The maximum atomic E-state index is 13.0. The number of halogens is 3. The number of imidazole rings is 1. The van der Waals surface area contributed by atoms with Gasteiger partial charge in [-0.2, -0.15) is 13.2 Å². The minimum Gasteiger partial charge on any atom is -0.379 e. The first-order valence-corrected chi connectivity index (χ1v) is 9.21. The monoisotopic (exact) mass is 395 g/mol. The van der Waals surface area contributed by atoms with E-state index in [1.807, 2.05) is 0 Å². The van der Waals surface area contributed by atoms with Crippen LogP contribution in [0.15, 0.2) is 35.8 Å². The van der Waals surface area contributed by atoms with Crippen LogP contribution < -0.4 is 0 Å². The standard InChI is InChI=1S/C18H16F3N3O2S/c1-23(13-5-6-26-9-13)16(25)15-10-27-17-22-14(8-24(15)17)11-3-2-4-12(7-11)18(19,20)21/h2-4,7-8,10,13H,5-6,9H2,1H3/t13-/m1/s1. The predicted octanol–water partition coefficient (Wildman–Crippen LogP) is 3.94. The summed E-state index contributed by atoms with van der Waals surface area (Å²) in [5.41, 5.74) is 0.467. The summed E-state index contributed by atoms with van der Waals surface area (Å²) in [6, 6.07) is 5.04. The second-order valence-corrected chi connectivity index (χ2v) is 7.25. The van der Waals surface area contributed by atoms with Gasteiger partial charge >= 0.3 is 6.18 Å². The SMILES string of the molecule is CN(C(=O)c1csc2nc(-c3cccc(C(F)(F)F)c3)cn12)[C@@H]1CCOC1. The molecule has 5 nitrogen and oxygen atoms in total. The third-order valence-electron chi connectivity index (χ3n) is 4.69. The van der Waals surface area contributed by atoms with Crippen molar-refractivity contribution >= 4 is 22.2 Å². The second-order valence-electron chi connectivity index (χ2n) is 6.41. The molecule has 142 valence electrons. The van der Waals surface area contributed by atoms with Gasteiger partial charge in [0.25, 0.3) is 5.91 Å². The molecule has 0 N–H and O–H groups in total. The molecule has 1 aliphatic heterocycles. The predicted molar refractivity (Wildman–Crippen MR) is 94.8 cm³/mol. The van der Waals surface area contributed by atoms with Gasteiger partial charge in [0.15, 0.2) is 4.96 Å². The van der Waals surface area contributed by atoms with Gasteiger partial charge in [-0.1, -0.05) is 12.1 Å². The first-order valence-electron chi connectivity index (χ1n) is 8.34. The molecule has 0 bridgehead atoms. The van der Waals surface area contributed by atoms with Crippen LogP contribution in [0, 0.1) is 0 Å². The molecule has 1 saturated heterocycles. The van der Waals surface area contributed by atoms with Crippen molar-refractivity contribution in [2.75, 3.05) is 20.3 Å². The van der Waals surface area contributed by atoms with Crippen LogP contribution in [-0.4, -0.2) is 46.5 Å². The van der Waals surface area contributed by atoms with Crippen LogP contribution in [0.4, 0.5) is 13.2 Å². The Hall–Kier alpha value is -2.39. The highest BCUT2D eigenvalue weighted by molar-refractivity contribution is 7.15. The number of carbonyl (C=O) groups is 1. The molecule has 3 aromatic rings. The van der Waals surface area contributed by atoms with Gasteiger partial charge in [-0.3, -0.25) is 9.20 Å². The average Bonchev–Trinajstić information content (AvgIpc) is 3.36. The first kappa shape index (κ1) is 18.0. The minimum absolute atomic E-state index is 0.0268. The van der Waals surface area contributed by atoms with Gasteiger partial charge in [0, 0.05) is 30.8 Å². The lowest BCUT2D eigenvalue weighted by molar-refractivity contribution is -0.137. The molecule has 1 amide bonds. The topological polar surface area (TPSA) is 46.8 Å². The first-order chi connectivity index (χ1) is 12.8. The van der Waals surface area contributed by atoms with Crippen molar-refractivity contribution in [2.45, 2.75) is 18.6 Å². The number of ether oxygens (including phenoxy) is 1. The van der Waals surface area contributed by atoms with Crippen molar-refractivity contribution in [2.24, 2.45) is 0 Å². The fourth-order valence-corrected chi connectivity index (χ4v) is 3.95. The molecule has 1 fully saturated rings. The van der Waals surface area contributed by atoms with Crippen LogP contribution in [-0.2, 0) is 10.9 Å². The van der Waals surface area contributed by atoms with E-state index < -0.39 is 11.7 Å². The normalized spacial score (nSPS) is 17.6. The molecule has 1 aliphatic rings. The van der Waals surface area contributed by atoms with E-state index in [2.05, 4.69) is 4.98 Å². The van der Waals surface area contributed by atoms with Crippen LogP contribution >= 0.6 is 11.3 Å². The quantitative estimate of drug-likeness (QED) is 0.675. The molecular weight excluding hydrogens is 379 g/mol. The summed E-state index contributed by atoms with van der Waals surface area (Å²) in [5.74, 6) is -0.162. The molecule has 9 heteroatoms. The number of fused-ring (bicyclic) bond motifs is 1. The summed E-state index contributed by atoms with van der Waals surface area (Å²) in [6.45, 7) is 1.14. The Balaban J connectivity index is 1.67. The zero-order valence-electron chi connectivity index (χ0n) is 14.4. The van der Waals surface area contributed by atoms with Crippen molar-refractivity contribution < 1.29 is 22.7 Å². The van der Waals surface area contributed by atoms with E-state index in [0.717, 1.165) is 18.6 Å². The number of alkyl halides is 3. The molecule has 0 saturated carbocycles. The van der Waals surface area contributed by atoms with E-state index >= 15 is 0 Å². The van der Waals surface area contributed by atoms with Gasteiger partial charge in [0.2, 0.25) is 0 Å². The number of nitrogens with zero attached hydrogens (tertiary/aromatic N) is 3. The summed E-state index contributed by atoms with van der Waals surface area (Å²) < 4.78 is 45.8. The van der Waals surface area contributed by atoms with Crippen LogP contribution in [0.2, 0.25) is 0 Å². The number of hydrogen-bond donors (Lipinski definition) is 0. The zero-order valence-corrected chi connectivity index (χ0v) is 15.2. The van der Waals surface area contributed by atoms with Crippen LogP contribution in [0.25, 0.3) is 16.2 Å². The molecule has 0 aliphatic carbocycles. The largest absolute Gasteiger partial charge is 0.416 e. The number of amides is 1. The molecule has 1 atom stereocenters. The zero-order chi connectivity index (χ0) is 19.2. The number of hydrogen-bond acceptors (Lipinski definition) is 4. The smallest absolute Gasteiger partial charge is 0.379 e. The van der Waals surface area contributed by atoms with Gasteiger partial charge in [0.1, 0.15) is 5.69 Å². The van der Waals surface area contributed by atoms with Crippen molar-refractivity contribution in [1.82, 2.24) is 14.3 Å². The molecule has 0 unspecified atom stereocenters.